The van der Waals surface area contributed by atoms with Crippen molar-refractivity contribution in [2.24, 2.45) is 11.8 Å². The van der Waals surface area contributed by atoms with Gasteiger partial charge in [-0.15, -0.1) is 0 Å². The summed E-state index contributed by atoms with van der Waals surface area (Å²) in [7, 11) is 0. The van der Waals surface area contributed by atoms with E-state index >= 15 is 4.39 Å². The molecule has 0 bridgehead atoms. The fraction of sp³-hybridized carbons (Fsp3) is 0.250. The summed E-state index contributed by atoms with van der Waals surface area (Å²) in [6.45, 7) is -0.0456. The SMILES string of the molecule is O=C1C[C@@H](C2C=C(F)C=CC2F)[C@]2(C(=O)Nc3cc(Cl)ccc32)[C@@H](c2cc(F)ccc2Oc2ccc(OCCO)cc2)N1. The van der Waals surface area contributed by atoms with Crippen molar-refractivity contribution < 1.29 is 37.3 Å². The molecule has 3 aliphatic rings. The van der Waals surface area contributed by atoms with Crippen molar-refractivity contribution in [3.8, 4) is 17.2 Å². The summed E-state index contributed by atoms with van der Waals surface area (Å²) in [6.07, 6.45) is 1.18. The van der Waals surface area contributed by atoms with E-state index in [1.54, 1.807) is 42.5 Å². The summed E-state index contributed by atoms with van der Waals surface area (Å²) in [5.74, 6) is -3.74. The predicted octanol–water partition coefficient (Wildman–Crippen LogP) is 6.09. The van der Waals surface area contributed by atoms with E-state index in [0.29, 0.717) is 27.8 Å². The van der Waals surface area contributed by atoms with E-state index in [9.17, 15) is 18.4 Å². The highest BCUT2D eigenvalue weighted by atomic mass is 35.5. The molecule has 222 valence electrons. The van der Waals surface area contributed by atoms with Crippen LogP contribution in [0.3, 0.4) is 0 Å². The second-order valence-corrected chi connectivity index (χ2v) is 11.0. The number of anilines is 1. The van der Waals surface area contributed by atoms with E-state index in [0.717, 1.165) is 24.3 Å². The molecule has 3 aromatic rings. The molecule has 0 saturated carbocycles. The minimum atomic E-state index is -1.70. The van der Waals surface area contributed by atoms with Crippen LogP contribution in [0.2, 0.25) is 5.02 Å². The molecule has 1 saturated heterocycles. The maximum Gasteiger partial charge on any atom is 0.237 e. The van der Waals surface area contributed by atoms with Gasteiger partial charge in [0.25, 0.3) is 0 Å². The van der Waals surface area contributed by atoms with Gasteiger partial charge in [0, 0.05) is 28.6 Å². The van der Waals surface area contributed by atoms with Gasteiger partial charge in [-0.05, 0) is 84.3 Å². The van der Waals surface area contributed by atoms with Crippen molar-refractivity contribution in [3.05, 3.63) is 107 Å². The molecule has 2 aliphatic heterocycles. The van der Waals surface area contributed by atoms with Gasteiger partial charge in [0.05, 0.1) is 12.6 Å². The highest BCUT2D eigenvalue weighted by molar-refractivity contribution is 6.31. The van der Waals surface area contributed by atoms with Crippen molar-refractivity contribution in [2.45, 2.75) is 24.0 Å². The molecule has 1 aliphatic carbocycles. The largest absolute Gasteiger partial charge is 0.491 e. The van der Waals surface area contributed by atoms with Crippen LogP contribution in [0, 0.1) is 17.7 Å². The van der Waals surface area contributed by atoms with Crippen molar-refractivity contribution in [1.29, 1.82) is 0 Å². The van der Waals surface area contributed by atoms with Gasteiger partial charge in [0.15, 0.2) is 0 Å². The molecule has 3 N–H and O–H groups in total. The number of allylic oxidation sites excluding steroid dienone is 4. The van der Waals surface area contributed by atoms with E-state index in [2.05, 4.69) is 10.6 Å². The van der Waals surface area contributed by atoms with Crippen LogP contribution in [0.1, 0.15) is 23.6 Å². The number of rotatable bonds is 7. The number of hydrogen-bond acceptors (Lipinski definition) is 5. The monoisotopic (exact) mass is 610 g/mol. The number of piperidine rings is 1. The Kier molecular flexibility index (Phi) is 7.66. The Morgan fingerprint density at radius 3 is 2.56 bits per heavy atom. The first-order valence-electron chi connectivity index (χ1n) is 13.6. The average Bonchev–Trinajstić information content (AvgIpc) is 3.26. The molecule has 0 aromatic heterocycles. The zero-order chi connectivity index (χ0) is 30.3. The van der Waals surface area contributed by atoms with Crippen LogP contribution in [0.5, 0.6) is 17.2 Å². The second kappa shape index (κ2) is 11.4. The first kappa shape index (κ1) is 28.8. The van der Waals surface area contributed by atoms with Crippen LogP contribution in [0.25, 0.3) is 0 Å². The molecular weight excluding hydrogens is 585 g/mol. The van der Waals surface area contributed by atoms with Crippen molar-refractivity contribution in [3.63, 3.8) is 0 Å². The molecule has 3 aromatic carbocycles. The van der Waals surface area contributed by atoms with Crippen LogP contribution in [-0.4, -0.2) is 36.3 Å². The Morgan fingerprint density at radius 1 is 1.02 bits per heavy atom. The Hall–Kier alpha value is -4.28. The lowest BCUT2D eigenvalue weighted by molar-refractivity contribution is -0.135. The number of ether oxygens (including phenoxy) is 2. The molecule has 5 atom stereocenters. The fourth-order valence-electron chi connectivity index (χ4n) is 6.37. The fourth-order valence-corrected chi connectivity index (χ4v) is 6.54. The normalized spacial score (nSPS) is 26.0. The number of aliphatic hydroxyl groups excluding tert-OH is 1. The van der Waals surface area contributed by atoms with Gasteiger partial charge in [-0.3, -0.25) is 9.59 Å². The number of hydrogen-bond donors (Lipinski definition) is 3. The first-order valence-corrected chi connectivity index (χ1v) is 14.0. The first-order chi connectivity index (χ1) is 20.7. The van der Waals surface area contributed by atoms with Gasteiger partial charge < -0.3 is 25.2 Å². The number of aliphatic hydroxyl groups is 1. The lowest BCUT2D eigenvalue weighted by atomic mass is 9.56. The highest BCUT2D eigenvalue weighted by Crippen LogP contribution is 2.58. The van der Waals surface area contributed by atoms with Crippen molar-refractivity contribution >= 4 is 29.1 Å². The molecule has 0 radical (unpaired) electrons. The van der Waals surface area contributed by atoms with Gasteiger partial charge in [-0.1, -0.05) is 17.7 Å². The molecule has 1 spiro atoms. The number of benzene rings is 3. The van der Waals surface area contributed by atoms with Crippen LogP contribution in [0.15, 0.2) is 84.7 Å². The van der Waals surface area contributed by atoms with E-state index in [1.807, 2.05) is 0 Å². The number of fused-ring (bicyclic) bond motifs is 2. The van der Waals surface area contributed by atoms with Crippen LogP contribution in [0.4, 0.5) is 18.9 Å². The molecule has 6 rings (SSSR count). The summed E-state index contributed by atoms with van der Waals surface area (Å²) >= 11 is 6.24. The molecule has 11 heteroatoms. The molecule has 2 unspecified atom stereocenters. The molecule has 2 amide bonds. The van der Waals surface area contributed by atoms with E-state index in [4.69, 9.17) is 26.2 Å². The number of carbonyl (C=O) groups is 2. The zero-order valence-electron chi connectivity index (χ0n) is 22.5. The Labute approximate surface area is 250 Å². The molecule has 43 heavy (non-hydrogen) atoms. The summed E-state index contributed by atoms with van der Waals surface area (Å²) in [5, 5.41) is 15.0. The van der Waals surface area contributed by atoms with Gasteiger partial charge in [0.1, 0.15) is 47.1 Å². The van der Waals surface area contributed by atoms with E-state index in [-0.39, 0.29) is 30.9 Å². The maximum absolute atomic E-state index is 15.5. The zero-order valence-corrected chi connectivity index (χ0v) is 23.3. The number of halogens is 4. The van der Waals surface area contributed by atoms with Crippen LogP contribution in [-0.2, 0) is 15.0 Å². The third-order valence-corrected chi connectivity index (χ3v) is 8.35. The Balaban J connectivity index is 1.51. The lowest BCUT2D eigenvalue weighted by Gasteiger charge is -2.49. The highest BCUT2D eigenvalue weighted by Gasteiger charge is 2.63. The summed E-state index contributed by atoms with van der Waals surface area (Å²) in [6, 6.07) is 13.7. The third-order valence-electron chi connectivity index (χ3n) is 8.12. The molecular formula is C32H26ClF3N2O5. The summed E-state index contributed by atoms with van der Waals surface area (Å²) in [4.78, 5) is 27.5. The van der Waals surface area contributed by atoms with Gasteiger partial charge in [-0.25, -0.2) is 13.2 Å². The van der Waals surface area contributed by atoms with Gasteiger partial charge in [-0.2, -0.15) is 0 Å². The van der Waals surface area contributed by atoms with Gasteiger partial charge in [0.2, 0.25) is 11.8 Å². The minimum absolute atomic E-state index is 0.108. The Morgan fingerprint density at radius 2 is 1.79 bits per heavy atom. The summed E-state index contributed by atoms with van der Waals surface area (Å²) < 4.78 is 56.5. The number of alkyl halides is 1. The molecule has 7 nitrogen and oxygen atoms in total. The average molecular weight is 611 g/mol. The molecule has 2 heterocycles. The standard InChI is InChI=1S/C32H26ClF3N2O5/c33-17-1-8-24-27(13-17)37-31(41)32(24)25(22-14-18(34)2-9-26(22)36)16-29(40)38-30(32)23-15-19(35)3-10-28(23)43-21-6-4-20(5-7-21)42-12-11-39/h1-10,13-15,22,25-26,30,39H,11-12,16H2,(H,37,41)(H,38,40)/t22?,25-,26?,30+,32-/m0/s1. The maximum atomic E-state index is 15.5. The minimum Gasteiger partial charge on any atom is -0.491 e. The quantitative estimate of drug-likeness (QED) is 0.301. The van der Waals surface area contributed by atoms with Gasteiger partial charge >= 0.3 is 0 Å². The van der Waals surface area contributed by atoms with E-state index < -0.39 is 52.9 Å². The number of carbonyl (C=O) groups excluding carboxylic acids is 2. The topological polar surface area (TPSA) is 96.9 Å². The van der Waals surface area contributed by atoms with Crippen molar-refractivity contribution in [1.82, 2.24) is 5.32 Å². The number of nitrogens with one attached hydrogen (secondary N) is 2. The van der Waals surface area contributed by atoms with Crippen molar-refractivity contribution in [2.75, 3.05) is 18.5 Å². The third kappa shape index (κ3) is 5.14. The molecule has 1 fully saturated rings. The smallest absolute Gasteiger partial charge is 0.237 e. The van der Waals surface area contributed by atoms with Crippen LogP contribution < -0.4 is 20.1 Å². The van der Waals surface area contributed by atoms with Crippen LogP contribution >= 0.6 is 11.6 Å². The number of amides is 2. The van der Waals surface area contributed by atoms with E-state index in [1.165, 1.54) is 12.1 Å². The predicted molar refractivity (Wildman–Crippen MR) is 153 cm³/mol. The Bertz CT molecular complexity index is 1650. The lowest BCUT2D eigenvalue weighted by Crippen LogP contribution is -2.60. The summed E-state index contributed by atoms with van der Waals surface area (Å²) in [5.41, 5.74) is -0.804. The second-order valence-electron chi connectivity index (χ2n) is 10.6.